The second-order valence-corrected chi connectivity index (χ2v) is 6.73. The first-order valence-corrected chi connectivity index (χ1v) is 9.63. The van der Waals surface area contributed by atoms with E-state index in [1.54, 1.807) is 55.7 Å². The van der Waals surface area contributed by atoms with E-state index in [9.17, 15) is 9.59 Å². The van der Waals surface area contributed by atoms with E-state index in [-0.39, 0.29) is 23.9 Å². The van der Waals surface area contributed by atoms with Gasteiger partial charge in [-0.1, -0.05) is 12.1 Å². The minimum Gasteiger partial charge on any atom is -0.493 e. The Balaban J connectivity index is 1.51. The van der Waals surface area contributed by atoms with Crippen LogP contribution in [0, 0.1) is 0 Å². The number of Topliss-reactive ketones (excluding diaryl/α,β-unsaturated/α-hetero) is 1. The first kappa shape index (κ1) is 21.0. The van der Waals surface area contributed by atoms with E-state index in [1.807, 2.05) is 0 Å². The van der Waals surface area contributed by atoms with Gasteiger partial charge >= 0.3 is 5.97 Å². The first-order chi connectivity index (χ1) is 15.5. The van der Waals surface area contributed by atoms with E-state index in [4.69, 9.17) is 23.4 Å². The quantitative estimate of drug-likeness (QED) is 0.400. The Labute approximate surface area is 183 Å². The van der Waals surface area contributed by atoms with Crippen LogP contribution in [0.25, 0.3) is 6.08 Å². The molecule has 2 aromatic carbocycles. The Morgan fingerprint density at radius 2 is 1.88 bits per heavy atom. The minimum absolute atomic E-state index is 0.0907. The van der Waals surface area contributed by atoms with Crippen molar-refractivity contribution in [3.05, 3.63) is 76.9 Å². The number of furan rings is 1. The fourth-order valence-corrected chi connectivity index (χ4v) is 3.24. The van der Waals surface area contributed by atoms with Crippen molar-refractivity contribution in [2.75, 3.05) is 21.3 Å². The van der Waals surface area contributed by atoms with Gasteiger partial charge in [0.05, 0.1) is 26.9 Å². The van der Waals surface area contributed by atoms with Gasteiger partial charge in [0.1, 0.15) is 23.9 Å². The maximum atomic E-state index is 12.8. The number of carbonyl (C=O) groups excluding carboxylic acids is 2. The molecule has 1 aromatic heterocycles. The maximum absolute atomic E-state index is 12.8. The molecule has 8 nitrogen and oxygen atoms in total. The van der Waals surface area contributed by atoms with Crippen molar-refractivity contribution in [3.63, 3.8) is 0 Å². The number of benzene rings is 2. The fraction of sp³-hybridized carbons (Fsp3) is 0.167. The molecule has 0 radical (unpaired) electrons. The van der Waals surface area contributed by atoms with Gasteiger partial charge in [-0.25, -0.2) is 4.79 Å². The Kier molecular flexibility index (Phi) is 5.85. The number of esters is 1. The third-order valence-corrected chi connectivity index (χ3v) is 4.79. The maximum Gasteiger partial charge on any atom is 0.373 e. The second-order valence-electron chi connectivity index (χ2n) is 6.73. The molecule has 1 aliphatic rings. The van der Waals surface area contributed by atoms with Gasteiger partial charge in [0.25, 0.3) is 0 Å². The third kappa shape index (κ3) is 4.02. The molecule has 0 atom stereocenters. The van der Waals surface area contributed by atoms with Gasteiger partial charge in [-0.3, -0.25) is 4.79 Å². The van der Waals surface area contributed by atoms with E-state index in [2.05, 4.69) is 4.74 Å². The molecule has 0 saturated carbocycles. The molecule has 0 fully saturated rings. The van der Waals surface area contributed by atoms with Gasteiger partial charge in [0.2, 0.25) is 11.5 Å². The van der Waals surface area contributed by atoms with Crippen molar-refractivity contribution in [1.82, 2.24) is 0 Å². The van der Waals surface area contributed by atoms with Crippen LogP contribution in [0.1, 0.15) is 32.2 Å². The lowest BCUT2D eigenvalue weighted by molar-refractivity contribution is 0.0561. The highest BCUT2D eigenvalue weighted by molar-refractivity contribution is 6.14. The van der Waals surface area contributed by atoms with E-state index in [0.717, 1.165) is 0 Å². The van der Waals surface area contributed by atoms with Gasteiger partial charge in [0.15, 0.2) is 17.3 Å². The lowest BCUT2D eigenvalue weighted by atomic mass is 10.1. The summed E-state index contributed by atoms with van der Waals surface area (Å²) in [6.45, 7) is 0.0907. The van der Waals surface area contributed by atoms with Crippen LogP contribution in [0.3, 0.4) is 0 Å². The zero-order valence-corrected chi connectivity index (χ0v) is 17.7. The zero-order chi connectivity index (χ0) is 22.7. The number of methoxy groups -OCH3 is 3. The summed E-state index contributed by atoms with van der Waals surface area (Å²) in [7, 11) is 4.35. The summed E-state index contributed by atoms with van der Waals surface area (Å²) in [6, 6.07) is 13.4. The Morgan fingerprint density at radius 1 is 1.03 bits per heavy atom. The molecule has 0 spiro atoms. The number of rotatable bonds is 7. The molecule has 0 saturated heterocycles. The summed E-state index contributed by atoms with van der Waals surface area (Å²) < 4.78 is 32.2. The summed E-state index contributed by atoms with van der Waals surface area (Å²) in [5, 5.41) is 0. The number of fused-ring (bicyclic) bond motifs is 1. The van der Waals surface area contributed by atoms with Crippen LogP contribution < -0.4 is 18.9 Å². The van der Waals surface area contributed by atoms with Crippen LogP contribution in [0.15, 0.2) is 58.7 Å². The standard InChI is InChI=1S/C24H20O8/c1-27-18-6-4-5-14(23(18)28-2)11-21-22(25)17-9-7-15(12-20(17)32-21)30-13-16-8-10-19(31-16)24(26)29-3/h4-12H,13H2,1-3H3/b21-11-. The zero-order valence-electron chi connectivity index (χ0n) is 17.7. The summed E-state index contributed by atoms with van der Waals surface area (Å²) in [5.74, 6) is 1.82. The van der Waals surface area contributed by atoms with Gasteiger partial charge < -0.3 is 28.1 Å². The van der Waals surface area contributed by atoms with E-state index in [1.165, 1.54) is 20.3 Å². The van der Waals surface area contributed by atoms with Crippen LogP contribution in [0.5, 0.6) is 23.0 Å². The van der Waals surface area contributed by atoms with Crippen LogP contribution in [0.2, 0.25) is 0 Å². The molecule has 2 heterocycles. The van der Waals surface area contributed by atoms with Gasteiger partial charge in [0, 0.05) is 11.6 Å². The number of para-hydroxylation sites is 1. The van der Waals surface area contributed by atoms with E-state index in [0.29, 0.717) is 39.9 Å². The van der Waals surface area contributed by atoms with Crippen molar-refractivity contribution >= 4 is 17.8 Å². The Bertz CT molecular complexity index is 1200. The van der Waals surface area contributed by atoms with E-state index >= 15 is 0 Å². The molecular weight excluding hydrogens is 416 g/mol. The number of ketones is 1. The van der Waals surface area contributed by atoms with Crippen molar-refractivity contribution in [1.29, 1.82) is 0 Å². The van der Waals surface area contributed by atoms with Crippen molar-refractivity contribution in [3.8, 4) is 23.0 Å². The molecule has 3 aromatic rings. The molecule has 0 unspecified atom stereocenters. The predicted molar refractivity (Wildman–Crippen MR) is 113 cm³/mol. The van der Waals surface area contributed by atoms with Crippen molar-refractivity contribution in [2.24, 2.45) is 0 Å². The number of carbonyl (C=O) groups is 2. The number of ether oxygens (including phenoxy) is 5. The third-order valence-electron chi connectivity index (χ3n) is 4.79. The van der Waals surface area contributed by atoms with E-state index < -0.39 is 5.97 Å². The first-order valence-electron chi connectivity index (χ1n) is 9.63. The highest BCUT2D eigenvalue weighted by Gasteiger charge is 2.28. The Hall–Kier alpha value is -4.20. The second kappa shape index (κ2) is 8.89. The summed E-state index contributed by atoms with van der Waals surface area (Å²) in [6.07, 6.45) is 1.61. The number of hydrogen-bond donors (Lipinski definition) is 0. The lowest BCUT2D eigenvalue weighted by Gasteiger charge is -2.10. The molecular formula is C24H20O8. The van der Waals surface area contributed by atoms with Gasteiger partial charge in [-0.15, -0.1) is 0 Å². The van der Waals surface area contributed by atoms with Gasteiger partial charge in [-0.05, 0) is 36.4 Å². The van der Waals surface area contributed by atoms with Gasteiger partial charge in [-0.2, -0.15) is 0 Å². The average molecular weight is 436 g/mol. The Morgan fingerprint density at radius 3 is 2.62 bits per heavy atom. The molecule has 0 aliphatic carbocycles. The molecule has 0 bridgehead atoms. The van der Waals surface area contributed by atoms with Crippen molar-refractivity contribution < 1.29 is 37.7 Å². The van der Waals surface area contributed by atoms with Crippen LogP contribution in [-0.4, -0.2) is 33.1 Å². The normalized spacial score (nSPS) is 13.5. The predicted octanol–water partition coefficient (Wildman–Crippen LogP) is 4.28. The SMILES string of the molecule is COC(=O)c1ccc(COc2ccc3c(c2)O/C(=C\c2cccc(OC)c2OC)C3=O)o1. The lowest BCUT2D eigenvalue weighted by Crippen LogP contribution is -1.99. The smallest absolute Gasteiger partial charge is 0.373 e. The highest BCUT2D eigenvalue weighted by atomic mass is 16.5. The van der Waals surface area contributed by atoms with Crippen LogP contribution >= 0.6 is 0 Å². The molecule has 32 heavy (non-hydrogen) atoms. The summed E-state index contributed by atoms with van der Waals surface area (Å²) >= 11 is 0. The average Bonchev–Trinajstić information content (AvgIpc) is 3.41. The molecule has 8 heteroatoms. The minimum atomic E-state index is -0.562. The largest absolute Gasteiger partial charge is 0.493 e. The van der Waals surface area contributed by atoms with Crippen LogP contribution in [0.4, 0.5) is 0 Å². The van der Waals surface area contributed by atoms with Crippen molar-refractivity contribution in [2.45, 2.75) is 6.61 Å². The molecule has 164 valence electrons. The summed E-state index contributed by atoms with van der Waals surface area (Å²) in [4.78, 5) is 24.2. The number of hydrogen-bond acceptors (Lipinski definition) is 8. The summed E-state index contributed by atoms with van der Waals surface area (Å²) in [5.41, 5.74) is 1.08. The topological polar surface area (TPSA) is 93.4 Å². The molecule has 4 rings (SSSR count). The highest BCUT2D eigenvalue weighted by Crippen LogP contribution is 2.37. The molecule has 0 amide bonds. The molecule has 0 N–H and O–H groups in total. The fourth-order valence-electron chi connectivity index (χ4n) is 3.24. The molecule has 1 aliphatic heterocycles. The number of allylic oxidation sites excluding steroid dienone is 1. The monoisotopic (exact) mass is 436 g/mol. The van der Waals surface area contributed by atoms with Crippen LogP contribution in [-0.2, 0) is 11.3 Å².